The van der Waals surface area contributed by atoms with Crippen LogP contribution in [0, 0.1) is 0 Å². The normalized spacial score (nSPS) is 27.0. The second kappa shape index (κ2) is 3.08. The molecule has 0 aromatic heterocycles. The van der Waals surface area contributed by atoms with Crippen molar-refractivity contribution in [2.24, 2.45) is 0 Å². The Hall–Kier alpha value is 0.531. The second-order valence-corrected chi connectivity index (χ2v) is 7.94. The minimum atomic E-state index is 0.885. The summed E-state index contributed by atoms with van der Waals surface area (Å²) in [5, 5.41) is 0. The first-order chi connectivity index (χ1) is 4.18. The molecule has 9 heavy (non-hydrogen) atoms. The zero-order valence-electron chi connectivity index (χ0n) is 5.84. The predicted molar refractivity (Wildman–Crippen MR) is 40.6 cm³/mol. The van der Waals surface area contributed by atoms with Gasteiger partial charge in [0.2, 0.25) is 29.5 Å². The van der Waals surface area contributed by atoms with Crippen LogP contribution in [0.3, 0.4) is 0 Å². The Kier molecular flexibility index (Phi) is 2.61. The maximum absolute atomic E-state index is 2.34. The highest BCUT2D eigenvalue weighted by Crippen LogP contribution is 1.91. The molecular weight excluding hydrogens is 162 g/mol. The lowest BCUT2D eigenvalue weighted by Gasteiger charge is -2.32. The summed E-state index contributed by atoms with van der Waals surface area (Å²) in [5.74, 6) is 0. The molecule has 48 valence electrons. The summed E-state index contributed by atoms with van der Waals surface area (Å²) in [4.78, 5) is 0. The van der Waals surface area contributed by atoms with Gasteiger partial charge in [-0.05, 0) is 21.1 Å². The van der Waals surface area contributed by atoms with Crippen LogP contribution in [0.15, 0.2) is 0 Å². The average molecular weight is 171 g/mol. The largest absolute Gasteiger partial charge is 0.326 e. The standard InChI is InChI=1S/C3H9N3Si3/c1-4-7-5(2)9-6(3)8-4/h1-3H3. The number of rotatable bonds is 0. The van der Waals surface area contributed by atoms with Gasteiger partial charge in [-0.15, -0.1) is 0 Å². The van der Waals surface area contributed by atoms with Crippen LogP contribution in [-0.2, 0) is 0 Å². The summed E-state index contributed by atoms with van der Waals surface area (Å²) in [6, 6.07) is 0. The Morgan fingerprint density at radius 1 is 0.667 bits per heavy atom. The third-order valence-corrected chi connectivity index (χ3v) is 4.50. The lowest BCUT2D eigenvalue weighted by Crippen LogP contribution is -2.57. The molecule has 3 nitrogen and oxygen atoms in total. The fourth-order valence-electron chi connectivity index (χ4n) is 0.742. The van der Waals surface area contributed by atoms with Crippen LogP contribution < -0.4 is 0 Å². The van der Waals surface area contributed by atoms with E-state index >= 15 is 0 Å². The lowest BCUT2D eigenvalue weighted by molar-refractivity contribution is 0.600. The van der Waals surface area contributed by atoms with Crippen molar-refractivity contribution in [1.82, 2.24) is 12.7 Å². The van der Waals surface area contributed by atoms with Crippen molar-refractivity contribution < 1.29 is 0 Å². The molecule has 1 aliphatic rings. The van der Waals surface area contributed by atoms with E-state index < -0.39 is 0 Å². The summed E-state index contributed by atoms with van der Waals surface area (Å²) in [5.41, 5.74) is 0. The molecule has 0 atom stereocenters. The summed E-state index contributed by atoms with van der Waals surface area (Å²) in [7, 11) is 9.14. The van der Waals surface area contributed by atoms with Gasteiger partial charge in [-0.1, -0.05) is 0 Å². The van der Waals surface area contributed by atoms with Crippen LogP contribution in [0.1, 0.15) is 0 Å². The highest BCUT2D eigenvalue weighted by atomic mass is 28.4. The highest BCUT2D eigenvalue weighted by molar-refractivity contribution is 6.64. The van der Waals surface area contributed by atoms with Gasteiger partial charge >= 0.3 is 0 Å². The molecule has 1 aliphatic heterocycles. The van der Waals surface area contributed by atoms with Gasteiger partial charge in [-0.2, -0.15) is 0 Å². The summed E-state index contributed by atoms with van der Waals surface area (Å²) < 4.78 is 7.03. The molecule has 0 aromatic carbocycles. The predicted octanol–water partition coefficient (Wildman–Crippen LogP) is -1.60. The van der Waals surface area contributed by atoms with E-state index in [0.29, 0.717) is 0 Å². The van der Waals surface area contributed by atoms with Gasteiger partial charge in [-0.3, -0.25) is 0 Å². The molecule has 0 spiro atoms. The Balaban J connectivity index is 2.34. The molecule has 6 heteroatoms. The van der Waals surface area contributed by atoms with Crippen molar-refractivity contribution in [3.63, 3.8) is 0 Å². The van der Waals surface area contributed by atoms with Gasteiger partial charge in [0.1, 0.15) is 0 Å². The quantitative estimate of drug-likeness (QED) is 0.407. The topological polar surface area (TPSA) is 9.72 Å². The monoisotopic (exact) mass is 171 g/mol. The van der Waals surface area contributed by atoms with E-state index in [1.165, 1.54) is 0 Å². The van der Waals surface area contributed by atoms with Gasteiger partial charge in [0.05, 0.1) is 0 Å². The summed E-state index contributed by atoms with van der Waals surface area (Å²) in [6.07, 6.45) is 0. The summed E-state index contributed by atoms with van der Waals surface area (Å²) >= 11 is 0. The number of hydrogen-bond acceptors (Lipinski definition) is 3. The van der Waals surface area contributed by atoms with E-state index in [0.717, 1.165) is 29.5 Å². The molecule has 0 saturated carbocycles. The van der Waals surface area contributed by atoms with E-state index in [2.05, 4.69) is 33.8 Å². The SMILES string of the molecule is CN1[Si]N(C)[Si]N(C)[Si]1. The van der Waals surface area contributed by atoms with Gasteiger partial charge in [0, 0.05) is 0 Å². The smallest absolute Gasteiger partial charge is 0.237 e. The minimum absolute atomic E-state index is 0.885. The molecule has 0 aromatic rings. The van der Waals surface area contributed by atoms with Gasteiger partial charge in [-0.25, -0.2) is 0 Å². The van der Waals surface area contributed by atoms with Crippen LogP contribution >= 0.6 is 0 Å². The third-order valence-electron chi connectivity index (χ3n) is 0.900. The number of hydrogen-bond donors (Lipinski definition) is 0. The van der Waals surface area contributed by atoms with E-state index in [9.17, 15) is 0 Å². The van der Waals surface area contributed by atoms with Crippen LogP contribution in [0.4, 0.5) is 0 Å². The minimum Gasteiger partial charge on any atom is -0.326 e. The maximum Gasteiger partial charge on any atom is 0.237 e. The number of nitrogens with zero attached hydrogens (tertiary/aromatic N) is 3. The van der Waals surface area contributed by atoms with E-state index in [1.54, 1.807) is 0 Å². The van der Waals surface area contributed by atoms with Crippen molar-refractivity contribution in [2.45, 2.75) is 0 Å². The van der Waals surface area contributed by atoms with Crippen molar-refractivity contribution in [1.29, 1.82) is 0 Å². The van der Waals surface area contributed by atoms with Crippen molar-refractivity contribution in [2.75, 3.05) is 21.1 Å². The molecule has 0 aliphatic carbocycles. The van der Waals surface area contributed by atoms with Crippen molar-refractivity contribution >= 4 is 29.5 Å². The fraction of sp³-hybridized carbons (Fsp3) is 1.00. The molecule has 1 saturated heterocycles. The van der Waals surface area contributed by atoms with E-state index in [-0.39, 0.29) is 0 Å². The zero-order chi connectivity index (χ0) is 6.85. The Labute approximate surface area is 63.9 Å². The van der Waals surface area contributed by atoms with Crippen molar-refractivity contribution in [3.8, 4) is 0 Å². The first-order valence-corrected chi connectivity index (χ1v) is 5.37. The van der Waals surface area contributed by atoms with Gasteiger partial charge < -0.3 is 12.7 Å². The van der Waals surface area contributed by atoms with Gasteiger partial charge in [0.25, 0.3) is 0 Å². The molecule has 0 unspecified atom stereocenters. The van der Waals surface area contributed by atoms with Crippen LogP contribution in [-0.4, -0.2) is 63.4 Å². The fourth-order valence-corrected chi connectivity index (χ4v) is 6.23. The Morgan fingerprint density at radius 2 is 0.889 bits per heavy atom. The average Bonchev–Trinajstić information content (AvgIpc) is 1.59. The van der Waals surface area contributed by atoms with Crippen molar-refractivity contribution in [3.05, 3.63) is 0 Å². The highest BCUT2D eigenvalue weighted by Gasteiger charge is 2.19. The van der Waals surface area contributed by atoms with Crippen LogP contribution in [0.2, 0.25) is 0 Å². The first kappa shape index (κ1) is 7.64. The summed E-state index contributed by atoms with van der Waals surface area (Å²) in [6.45, 7) is 0. The Bertz CT molecular complexity index is 75.3. The molecular formula is C3H9N3Si3. The van der Waals surface area contributed by atoms with Crippen LogP contribution in [0.25, 0.3) is 0 Å². The van der Waals surface area contributed by atoms with E-state index in [4.69, 9.17) is 0 Å². The molecule has 1 fully saturated rings. The maximum atomic E-state index is 2.34. The first-order valence-electron chi connectivity index (χ1n) is 2.68. The van der Waals surface area contributed by atoms with Crippen LogP contribution in [0.5, 0.6) is 0 Å². The zero-order valence-corrected chi connectivity index (χ0v) is 8.84. The Morgan fingerprint density at radius 3 is 1.11 bits per heavy atom. The molecule has 1 heterocycles. The van der Waals surface area contributed by atoms with Gasteiger partial charge in [0.15, 0.2) is 0 Å². The molecule has 0 N–H and O–H groups in total. The van der Waals surface area contributed by atoms with E-state index in [1.807, 2.05) is 0 Å². The molecule has 6 radical (unpaired) electrons. The third kappa shape index (κ3) is 2.32. The molecule has 0 amide bonds. The lowest BCUT2D eigenvalue weighted by atomic mass is 11.6. The second-order valence-electron chi connectivity index (χ2n) is 1.98. The molecule has 1 rings (SSSR count). The molecule has 0 bridgehead atoms.